The molecule has 9 heteroatoms. The van der Waals surface area contributed by atoms with E-state index in [1.54, 1.807) is 29.2 Å². The smallest absolute Gasteiger partial charge is 0.276 e. The molecule has 0 radical (unpaired) electrons. The van der Waals surface area contributed by atoms with Gasteiger partial charge in [0.05, 0.1) is 16.5 Å². The minimum Gasteiger partial charge on any atom is -0.467 e. The first-order chi connectivity index (χ1) is 14.2. The van der Waals surface area contributed by atoms with Gasteiger partial charge in [0.1, 0.15) is 11.9 Å². The molecule has 1 aromatic carbocycles. The van der Waals surface area contributed by atoms with Gasteiger partial charge < -0.3 is 18.6 Å². The Morgan fingerprint density at radius 1 is 1.21 bits per heavy atom. The van der Waals surface area contributed by atoms with Crippen molar-refractivity contribution in [1.82, 2.24) is 15.0 Å². The molecule has 0 atom stereocenters. The molecule has 4 aromatic rings. The van der Waals surface area contributed by atoms with Gasteiger partial charge in [-0.15, -0.1) is 0 Å². The average Bonchev–Trinajstić information content (AvgIpc) is 3.47. The average molecular weight is 413 g/mol. The number of nitrogens with zero attached hydrogens (tertiary/aromatic N) is 3. The lowest BCUT2D eigenvalue weighted by Crippen LogP contribution is -2.41. The van der Waals surface area contributed by atoms with Crippen LogP contribution in [0.15, 0.2) is 51.6 Å². The number of halogens is 1. The van der Waals surface area contributed by atoms with Crippen molar-refractivity contribution in [1.29, 1.82) is 0 Å². The number of carbonyl (C=O) groups excluding carboxylic acids is 1. The number of likely N-dealkylation sites (tertiary alicyclic amines) is 1. The van der Waals surface area contributed by atoms with Crippen LogP contribution in [0.25, 0.3) is 21.7 Å². The van der Waals surface area contributed by atoms with Gasteiger partial charge in [-0.25, -0.2) is 9.37 Å². The van der Waals surface area contributed by atoms with Crippen LogP contribution in [0, 0.1) is 5.82 Å². The first-order valence-corrected chi connectivity index (χ1v) is 10.00. The minimum absolute atomic E-state index is 0.0413. The molecule has 1 fully saturated rings. The Morgan fingerprint density at radius 3 is 2.86 bits per heavy atom. The second-order valence-corrected chi connectivity index (χ2v) is 7.75. The van der Waals surface area contributed by atoms with Gasteiger partial charge in [0.15, 0.2) is 11.5 Å². The summed E-state index contributed by atoms with van der Waals surface area (Å²) in [5.74, 6) is 0.478. The Kier molecular flexibility index (Phi) is 4.51. The second-order valence-electron chi connectivity index (χ2n) is 6.75. The number of fused-ring (bicyclic) bond motifs is 1. The van der Waals surface area contributed by atoms with E-state index in [0.29, 0.717) is 42.6 Å². The largest absolute Gasteiger partial charge is 0.467 e. The van der Waals surface area contributed by atoms with Gasteiger partial charge >= 0.3 is 0 Å². The molecule has 1 amide bonds. The van der Waals surface area contributed by atoms with Crippen LogP contribution in [0.1, 0.15) is 23.3 Å². The number of hydrogen-bond acceptors (Lipinski definition) is 7. The highest BCUT2D eigenvalue weighted by Gasteiger charge is 2.27. The highest BCUT2D eigenvalue weighted by molar-refractivity contribution is 7.20. The second kappa shape index (κ2) is 7.32. The van der Waals surface area contributed by atoms with Crippen molar-refractivity contribution in [2.24, 2.45) is 0 Å². The predicted octanol–water partition coefficient (Wildman–Crippen LogP) is 4.37. The van der Waals surface area contributed by atoms with Crippen LogP contribution < -0.4 is 4.74 Å². The quantitative estimate of drug-likeness (QED) is 0.494. The molecule has 29 heavy (non-hydrogen) atoms. The topological polar surface area (TPSA) is 81.6 Å². The summed E-state index contributed by atoms with van der Waals surface area (Å²) >= 11 is 1.33. The third kappa shape index (κ3) is 3.61. The van der Waals surface area contributed by atoms with E-state index in [1.807, 2.05) is 0 Å². The maximum atomic E-state index is 13.3. The molecule has 0 aliphatic carbocycles. The molecule has 5 rings (SSSR count). The van der Waals surface area contributed by atoms with Crippen molar-refractivity contribution in [2.75, 3.05) is 13.1 Å². The number of rotatable bonds is 4. The van der Waals surface area contributed by atoms with Crippen molar-refractivity contribution in [3.8, 4) is 16.7 Å². The van der Waals surface area contributed by atoms with Crippen LogP contribution in [0.4, 0.5) is 4.39 Å². The van der Waals surface area contributed by atoms with E-state index in [-0.39, 0.29) is 23.5 Å². The molecule has 148 valence electrons. The molecular weight excluding hydrogens is 397 g/mol. The highest BCUT2D eigenvalue weighted by atomic mass is 32.1. The lowest BCUT2D eigenvalue weighted by Gasteiger charge is -2.31. The Labute approximate surface area is 168 Å². The summed E-state index contributed by atoms with van der Waals surface area (Å²) in [6.07, 6.45) is 2.85. The molecule has 4 heterocycles. The van der Waals surface area contributed by atoms with Crippen LogP contribution >= 0.6 is 11.3 Å². The molecule has 0 saturated carbocycles. The van der Waals surface area contributed by atoms with Crippen molar-refractivity contribution in [3.05, 3.63) is 54.2 Å². The van der Waals surface area contributed by atoms with Crippen molar-refractivity contribution >= 4 is 27.5 Å². The number of amides is 1. The van der Waals surface area contributed by atoms with Crippen molar-refractivity contribution in [2.45, 2.75) is 18.9 Å². The first kappa shape index (κ1) is 17.9. The van der Waals surface area contributed by atoms with Gasteiger partial charge in [0.2, 0.25) is 5.76 Å². The summed E-state index contributed by atoms with van der Waals surface area (Å²) in [5.41, 5.74) is 0.973. The van der Waals surface area contributed by atoms with E-state index in [9.17, 15) is 9.18 Å². The lowest BCUT2D eigenvalue weighted by atomic mass is 10.1. The molecule has 1 aliphatic rings. The SMILES string of the molecule is O=C(c1cc(-c2ccco2)on1)N1CCC(Oc2nc3ccc(F)cc3s2)CC1. The number of hydrogen-bond donors (Lipinski definition) is 0. The maximum absolute atomic E-state index is 13.3. The molecule has 1 aliphatic heterocycles. The van der Waals surface area contributed by atoms with Crippen LogP contribution in [-0.2, 0) is 0 Å². The number of benzene rings is 1. The normalized spacial score (nSPS) is 15.1. The van der Waals surface area contributed by atoms with Crippen molar-refractivity contribution in [3.63, 3.8) is 0 Å². The van der Waals surface area contributed by atoms with Crippen molar-refractivity contribution < 1.29 is 22.9 Å². The summed E-state index contributed by atoms with van der Waals surface area (Å²) in [5, 5.41) is 4.39. The van der Waals surface area contributed by atoms with Gasteiger partial charge in [-0.1, -0.05) is 16.5 Å². The van der Waals surface area contributed by atoms with E-state index >= 15 is 0 Å². The van der Waals surface area contributed by atoms with E-state index in [1.165, 1.54) is 29.7 Å². The number of carbonyl (C=O) groups is 1. The summed E-state index contributed by atoms with van der Waals surface area (Å²) in [6.45, 7) is 1.10. The number of thiazole rings is 1. The highest BCUT2D eigenvalue weighted by Crippen LogP contribution is 2.30. The van der Waals surface area contributed by atoms with Crippen LogP contribution in [-0.4, -0.2) is 40.1 Å². The lowest BCUT2D eigenvalue weighted by molar-refractivity contribution is 0.0586. The molecule has 0 bridgehead atoms. The van der Waals surface area contributed by atoms with Gasteiger partial charge in [-0.3, -0.25) is 4.79 Å². The predicted molar refractivity (Wildman–Crippen MR) is 103 cm³/mol. The minimum atomic E-state index is -0.289. The Hall–Kier alpha value is -3.20. The number of furan rings is 1. The molecule has 0 unspecified atom stereocenters. The van der Waals surface area contributed by atoms with E-state index in [0.717, 1.165) is 10.2 Å². The maximum Gasteiger partial charge on any atom is 0.276 e. The summed E-state index contributed by atoms with van der Waals surface area (Å²) in [6, 6.07) is 9.56. The fourth-order valence-electron chi connectivity index (χ4n) is 3.32. The van der Waals surface area contributed by atoms with E-state index in [4.69, 9.17) is 13.7 Å². The van der Waals surface area contributed by atoms with Gasteiger partial charge in [-0.05, 0) is 30.3 Å². The van der Waals surface area contributed by atoms with Crippen LogP contribution in [0.5, 0.6) is 5.19 Å². The third-order valence-electron chi connectivity index (χ3n) is 4.82. The zero-order valence-corrected chi connectivity index (χ0v) is 16.0. The van der Waals surface area contributed by atoms with Crippen LogP contribution in [0.2, 0.25) is 0 Å². The van der Waals surface area contributed by atoms with Gasteiger partial charge in [0.25, 0.3) is 11.1 Å². The standard InChI is InChI=1S/C20H16FN3O4S/c21-12-3-4-14-18(10-12)29-20(22-14)27-13-5-7-24(8-6-13)19(25)15-11-17(28-23-15)16-2-1-9-26-16/h1-4,9-11,13H,5-8H2. The number of aromatic nitrogens is 2. The first-order valence-electron chi connectivity index (χ1n) is 9.18. The number of piperidine rings is 1. The fourth-order valence-corrected chi connectivity index (χ4v) is 4.23. The fraction of sp³-hybridized carbons (Fsp3) is 0.250. The summed E-state index contributed by atoms with van der Waals surface area (Å²) in [7, 11) is 0. The molecule has 0 N–H and O–H groups in total. The summed E-state index contributed by atoms with van der Waals surface area (Å²) < 4.78 is 30.5. The molecule has 1 saturated heterocycles. The van der Waals surface area contributed by atoms with Gasteiger partial charge in [-0.2, -0.15) is 0 Å². The van der Waals surface area contributed by atoms with E-state index in [2.05, 4.69) is 10.1 Å². The van der Waals surface area contributed by atoms with E-state index < -0.39 is 0 Å². The number of ether oxygens (including phenoxy) is 1. The monoisotopic (exact) mass is 413 g/mol. The third-order valence-corrected chi connectivity index (χ3v) is 5.73. The van der Waals surface area contributed by atoms with Crippen LogP contribution in [0.3, 0.4) is 0 Å². The summed E-state index contributed by atoms with van der Waals surface area (Å²) in [4.78, 5) is 18.8. The zero-order valence-electron chi connectivity index (χ0n) is 15.2. The molecule has 3 aromatic heterocycles. The Balaban J connectivity index is 1.20. The molecule has 0 spiro atoms. The molecular formula is C20H16FN3O4S. The zero-order chi connectivity index (χ0) is 19.8. The Morgan fingerprint density at radius 2 is 2.07 bits per heavy atom. The Bertz CT molecular complexity index is 1150. The van der Waals surface area contributed by atoms with Gasteiger partial charge in [0, 0.05) is 32.0 Å². The molecule has 7 nitrogen and oxygen atoms in total.